The zero-order chi connectivity index (χ0) is 28.6. The van der Waals surface area contributed by atoms with Crippen LogP contribution in [0.25, 0.3) is 0 Å². The normalized spacial score (nSPS) is 14.9. The molecule has 2 aromatic carbocycles. The summed E-state index contributed by atoms with van der Waals surface area (Å²) in [5, 5.41) is 3.26. The topological polar surface area (TPSA) is 42.1 Å². The molecule has 0 unspecified atom stereocenters. The summed E-state index contributed by atoms with van der Waals surface area (Å²) in [5.41, 5.74) is 1.83. The number of amides is 1. The van der Waals surface area contributed by atoms with Crippen molar-refractivity contribution >= 4 is 28.9 Å². The molecule has 1 aliphatic rings. The number of hydrogen-bond acceptors (Lipinski definition) is 5. The van der Waals surface area contributed by atoms with Crippen molar-refractivity contribution in [2.24, 2.45) is 0 Å². The highest BCUT2D eigenvalue weighted by Gasteiger charge is 2.29. The zero-order valence-corrected chi connectivity index (χ0v) is 23.6. The highest BCUT2D eigenvalue weighted by molar-refractivity contribution is 6.31. The number of alkyl halides is 3. The standard InChI is InChI=1S/C28H38ClF4N5O/c1-4-36(5-2)13-12-35(3)20-21-6-8-23(24(30)18-21)27(39)34-25-9-7-22(29)19-26(25)38-16-14-37(15-17-38)11-10-28(31,32)33/h6-9,18-19H,4-5,10-17,20H2,1-3H3,(H,34,39). The minimum Gasteiger partial charge on any atom is -0.367 e. The lowest BCUT2D eigenvalue weighted by Gasteiger charge is -2.37. The molecule has 1 aliphatic heterocycles. The lowest BCUT2D eigenvalue weighted by molar-refractivity contribution is -0.138. The van der Waals surface area contributed by atoms with Gasteiger partial charge in [-0.3, -0.25) is 9.69 Å². The van der Waals surface area contributed by atoms with Gasteiger partial charge in [-0.1, -0.05) is 31.5 Å². The van der Waals surface area contributed by atoms with Crippen LogP contribution in [-0.2, 0) is 6.54 Å². The summed E-state index contributed by atoms with van der Waals surface area (Å²) in [6.45, 7) is 10.4. The number of rotatable bonds is 12. The van der Waals surface area contributed by atoms with Gasteiger partial charge in [0.2, 0.25) is 0 Å². The Morgan fingerprint density at radius 1 is 1.03 bits per heavy atom. The van der Waals surface area contributed by atoms with Crippen molar-refractivity contribution < 1.29 is 22.4 Å². The maximum absolute atomic E-state index is 15.0. The molecule has 0 bridgehead atoms. The predicted molar refractivity (Wildman–Crippen MR) is 149 cm³/mol. The van der Waals surface area contributed by atoms with Crippen LogP contribution in [0.5, 0.6) is 0 Å². The first-order chi connectivity index (χ1) is 18.5. The second-order valence-corrected chi connectivity index (χ2v) is 10.3. The average Bonchev–Trinajstić information content (AvgIpc) is 2.89. The Hall–Kier alpha value is -2.40. The highest BCUT2D eigenvalue weighted by Crippen LogP contribution is 2.31. The van der Waals surface area contributed by atoms with Crippen molar-refractivity contribution in [2.75, 3.05) is 76.2 Å². The molecule has 1 N–H and O–H groups in total. The van der Waals surface area contributed by atoms with E-state index in [1.807, 2.05) is 11.9 Å². The number of piperazine rings is 1. The van der Waals surface area contributed by atoms with E-state index < -0.39 is 24.3 Å². The summed E-state index contributed by atoms with van der Waals surface area (Å²) in [7, 11) is 1.99. The number of nitrogens with one attached hydrogen (secondary N) is 1. The molecule has 0 saturated carbocycles. The molecule has 1 fully saturated rings. The smallest absolute Gasteiger partial charge is 0.367 e. The molecular formula is C28H38ClF4N5O. The largest absolute Gasteiger partial charge is 0.390 e. The first-order valence-corrected chi connectivity index (χ1v) is 13.7. The van der Waals surface area contributed by atoms with Crippen LogP contribution in [0.1, 0.15) is 36.2 Å². The van der Waals surface area contributed by atoms with Crippen molar-refractivity contribution in [1.82, 2.24) is 14.7 Å². The number of benzene rings is 2. The lowest BCUT2D eigenvalue weighted by Crippen LogP contribution is -2.47. The first kappa shape index (κ1) is 31.1. The maximum atomic E-state index is 15.0. The lowest BCUT2D eigenvalue weighted by atomic mass is 10.1. The maximum Gasteiger partial charge on any atom is 0.390 e. The minimum atomic E-state index is -4.18. The van der Waals surface area contributed by atoms with Crippen LogP contribution in [0.3, 0.4) is 0 Å². The van der Waals surface area contributed by atoms with Gasteiger partial charge in [0, 0.05) is 57.4 Å². The van der Waals surface area contributed by atoms with Gasteiger partial charge >= 0.3 is 6.18 Å². The molecular weight excluding hydrogens is 534 g/mol. The van der Waals surface area contributed by atoms with Gasteiger partial charge in [-0.15, -0.1) is 0 Å². The van der Waals surface area contributed by atoms with Crippen LogP contribution in [0.4, 0.5) is 28.9 Å². The average molecular weight is 572 g/mol. The van der Waals surface area contributed by atoms with E-state index in [0.717, 1.165) is 31.7 Å². The van der Waals surface area contributed by atoms with Gasteiger partial charge in [-0.25, -0.2) is 4.39 Å². The molecule has 11 heteroatoms. The fraction of sp³-hybridized carbons (Fsp3) is 0.536. The third-order valence-electron chi connectivity index (χ3n) is 7.06. The SMILES string of the molecule is CCN(CC)CCN(C)Cc1ccc(C(=O)Nc2ccc(Cl)cc2N2CCN(CCC(F)(F)F)CC2)c(F)c1. The quantitative estimate of drug-likeness (QED) is 0.337. The van der Waals surface area contributed by atoms with Gasteiger partial charge in [0.15, 0.2) is 0 Å². The van der Waals surface area contributed by atoms with Crippen molar-refractivity contribution in [1.29, 1.82) is 0 Å². The molecule has 1 amide bonds. The zero-order valence-electron chi connectivity index (χ0n) is 22.8. The van der Waals surface area contributed by atoms with Crippen LogP contribution in [0, 0.1) is 5.82 Å². The first-order valence-electron chi connectivity index (χ1n) is 13.3. The second kappa shape index (κ2) is 14.3. The fourth-order valence-electron chi connectivity index (χ4n) is 4.64. The van der Waals surface area contributed by atoms with E-state index >= 15 is 0 Å². The van der Waals surface area contributed by atoms with Gasteiger partial charge in [0.25, 0.3) is 5.91 Å². The molecule has 1 saturated heterocycles. The number of halogens is 5. The molecule has 0 atom stereocenters. The number of hydrogen-bond donors (Lipinski definition) is 1. The summed E-state index contributed by atoms with van der Waals surface area (Å²) in [5.74, 6) is -1.18. The Kier molecular flexibility index (Phi) is 11.4. The van der Waals surface area contributed by atoms with E-state index in [0.29, 0.717) is 49.1 Å². The van der Waals surface area contributed by atoms with E-state index in [1.165, 1.54) is 12.1 Å². The molecule has 2 aromatic rings. The number of anilines is 2. The van der Waals surface area contributed by atoms with E-state index in [1.54, 1.807) is 29.2 Å². The number of carbonyl (C=O) groups excluding carboxylic acids is 1. The van der Waals surface area contributed by atoms with Gasteiger partial charge in [0.05, 0.1) is 23.4 Å². The molecule has 216 valence electrons. The molecule has 0 aromatic heterocycles. The molecule has 3 rings (SSSR count). The summed E-state index contributed by atoms with van der Waals surface area (Å²) < 4.78 is 52.7. The molecule has 1 heterocycles. The van der Waals surface area contributed by atoms with Crippen LogP contribution in [0.2, 0.25) is 5.02 Å². The molecule has 39 heavy (non-hydrogen) atoms. The highest BCUT2D eigenvalue weighted by atomic mass is 35.5. The van der Waals surface area contributed by atoms with E-state index in [4.69, 9.17) is 11.6 Å². The van der Waals surface area contributed by atoms with Crippen LogP contribution in [0.15, 0.2) is 36.4 Å². The summed E-state index contributed by atoms with van der Waals surface area (Å²) in [6.07, 6.45) is -5.03. The number of nitrogens with zero attached hydrogens (tertiary/aromatic N) is 4. The van der Waals surface area contributed by atoms with Crippen LogP contribution < -0.4 is 10.2 Å². The Morgan fingerprint density at radius 2 is 1.72 bits per heavy atom. The Morgan fingerprint density at radius 3 is 2.33 bits per heavy atom. The Bertz CT molecular complexity index is 1090. The van der Waals surface area contributed by atoms with Gasteiger partial charge in [-0.2, -0.15) is 13.2 Å². The number of likely N-dealkylation sites (N-methyl/N-ethyl adjacent to an activating group) is 2. The van der Waals surface area contributed by atoms with Crippen LogP contribution in [-0.4, -0.2) is 92.7 Å². The minimum absolute atomic E-state index is 0.0442. The monoisotopic (exact) mass is 571 g/mol. The fourth-order valence-corrected chi connectivity index (χ4v) is 4.81. The third kappa shape index (κ3) is 9.63. The van der Waals surface area contributed by atoms with Crippen LogP contribution >= 0.6 is 11.6 Å². The molecule has 0 radical (unpaired) electrons. The summed E-state index contributed by atoms with van der Waals surface area (Å²) >= 11 is 6.22. The van der Waals surface area contributed by atoms with E-state index in [-0.39, 0.29) is 12.1 Å². The molecule has 0 aliphatic carbocycles. The van der Waals surface area contributed by atoms with Crippen molar-refractivity contribution in [3.05, 3.63) is 58.4 Å². The second-order valence-electron chi connectivity index (χ2n) is 9.89. The van der Waals surface area contributed by atoms with Crippen molar-refractivity contribution in [3.63, 3.8) is 0 Å². The van der Waals surface area contributed by atoms with Gasteiger partial charge in [0.1, 0.15) is 5.82 Å². The molecule has 6 nitrogen and oxygen atoms in total. The molecule has 0 spiro atoms. The summed E-state index contributed by atoms with van der Waals surface area (Å²) in [6, 6.07) is 9.64. The van der Waals surface area contributed by atoms with Crippen molar-refractivity contribution in [3.8, 4) is 0 Å². The Labute approximate surface area is 233 Å². The van der Waals surface area contributed by atoms with Gasteiger partial charge in [-0.05, 0) is 56.0 Å². The van der Waals surface area contributed by atoms with E-state index in [9.17, 15) is 22.4 Å². The van der Waals surface area contributed by atoms with E-state index in [2.05, 4.69) is 29.0 Å². The third-order valence-corrected chi connectivity index (χ3v) is 7.29. The summed E-state index contributed by atoms with van der Waals surface area (Å²) in [4.78, 5) is 21.2. The predicted octanol–water partition coefficient (Wildman–Crippen LogP) is 5.58. The number of carbonyl (C=O) groups is 1. The van der Waals surface area contributed by atoms with Crippen molar-refractivity contribution in [2.45, 2.75) is 33.0 Å². The Balaban J connectivity index is 1.63. The van der Waals surface area contributed by atoms with Gasteiger partial charge < -0.3 is 20.0 Å².